The number of benzene rings is 1. The highest BCUT2D eigenvalue weighted by atomic mass is 19.2. The molecule has 1 aromatic carbocycles. The molecule has 1 N–H and O–H groups in total. The summed E-state index contributed by atoms with van der Waals surface area (Å²) < 4.78 is 64.2. The summed E-state index contributed by atoms with van der Waals surface area (Å²) in [6.07, 6.45) is 0.346. The van der Waals surface area contributed by atoms with E-state index in [1.54, 1.807) is 6.07 Å². The molecule has 0 heterocycles. The first-order valence-corrected chi connectivity index (χ1v) is 4.63. The van der Waals surface area contributed by atoms with Crippen LogP contribution in [-0.2, 0) is 0 Å². The summed E-state index contributed by atoms with van der Waals surface area (Å²) in [5, 5.41) is 10.3. The smallest absolute Gasteiger partial charge is 0.200 e. The number of hydrogen-bond donors (Lipinski definition) is 1. The summed E-state index contributed by atoms with van der Waals surface area (Å²) in [5.74, 6) is -9.99. The van der Waals surface area contributed by atoms with Crippen LogP contribution in [0.4, 0.5) is 27.6 Å². The quantitative estimate of drug-likeness (QED) is 0.386. The molecule has 0 aliphatic heterocycles. The maximum absolute atomic E-state index is 13.1. The van der Waals surface area contributed by atoms with Crippen LogP contribution >= 0.6 is 0 Å². The van der Waals surface area contributed by atoms with Crippen molar-refractivity contribution in [3.05, 3.63) is 29.1 Å². The Morgan fingerprint density at radius 1 is 0.882 bits per heavy atom. The van der Waals surface area contributed by atoms with Gasteiger partial charge in [-0.15, -0.1) is 0 Å². The van der Waals surface area contributed by atoms with Crippen LogP contribution in [-0.4, -0.2) is 6.54 Å². The monoisotopic (exact) mass is 250 g/mol. The molecule has 0 amide bonds. The number of nitriles is 1. The summed E-state index contributed by atoms with van der Waals surface area (Å²) in [5.41, 5.74) is -1.07. The molecule has 0 radical (unpaired) electrons. The highest BCUT2D eigenvalue weighted by molar-refractivity contribution is 5.47. The van der Waals surface area contributed by atoms with Crippen LogP contribution in [0.1, 0.15) is 12.8 Å². The molecule has 0 fully saturated rings. The van der Waals surface area contributed by atoms with Crippen molar-refractivity contribution in [3.8, 4) is 6.07 Å². The number of anilines is 1. The van der Waals surface area contributed by atoms with Gasteiger partial charge in [0, 0.05) is 13.0 Å². The fourth-order valence-corrected chi connectivity index (χ4v) is 1.14. The lowest BCUT2D eigenvalue weighted by atomic mass is 10.2. The molecular formula is C10H7F5N2. The zero-order valence-electron chi connectivity index (χ0n) is 8.46. The van der Waals surface area contributed by atoms with Gasteiger partial charge in [0.15, 0.2) is 23.3 Å². The Bertz CT molecular complexity index is 438. The first kappa shape index (κ1) is 13.2. The van der Waals surface area contributed by atoms with E-state index in [2.05, 4.69) is 5.32 Å². The summed E-state index contributed by atoms with van der Waals surface area (Å²) >= 11 is 0. The van der Waals surface area contributed by atoms with Crippen LogP contribution in [0.25, 0.3) is 0 Å². The summed E-state index contributed by atoms with van der Waals surface area (Å²) in [7, 11) is 0. The molecule has 0 spiro atoms. The van der Waals surface area contributed by atoms with Crippen LogP contribution < -0.4 is 5.32 Å². The second kappa shape index (κ2) is 5.48. The van der Waals surface area contributed by atoms with Crippen molar-refractivity contribution in [2.75, 3.05) is 11.9 Å². The third-order valence-corrected chi connectivity index (χ3v) is 1.98. The largest absolute Gasteiger partial charge is 0.380 e. The van der Waals surface area contributed by atoms with E-state index in [9.17, 15) is 22.0 Å². The molecule has 0 aliphatic rings. The van der Waals surface area contributed by atoms with E-state index < -0.39 is 34.8 Å². The molecule has 0 bridgehead atoms. The van der Waals surface area contributed by atoms with Crippen molar-refractivity contribution < 1.29 is 22.0 Å². The third-order valence-electron chi connectivity index (χ3n) is 1.98. The number of hydrogen-bond acceptors (Lipinski definition) is 2. The van der Waals surface area contributed by atoms with Crippen molar-refractivity contribution in [3.63, 3.8) is 0 Å². The zero-order valence-corrected chi connectivity index (χ0v) is 8.46. The van der Waals surface area contributed by atoms with Crippen molar-refractivity contribution in [1.82, 2.24) is 0 Å². The van der Waals surface area contributed by atoms with E-state index in [4.69, 9.17) is 5.26 Å². The van der Waals surface area contributed by atoms with Crippen molar-refractivity contribution in [2.24, 2.45) is 0 Å². The van der Waals surface area contributed by atoms with Gasteiger partial charge in [-0.25, -0.2) is 22.0 Å². The molecule has 7 heteroatoms. The van der Waals surface area contributed by atoms with Gasteiger partial charge in [0.05, 0.1) is 6.07 Å². The molecule has 17 heavy (non-hydrogen) atoms. The Morgan fingerprint density at radius 2 is 1.35 bits per heavy atom. The molecule has 0 unspecified atom stereocenters. The number of unbranched alkanes of at least 4 members (excludes halogenated alkanes) is 1. The van der Waals surface area contributed by atoms with Gasteiger partial charge in [-0.1, -0.05) is 0 Å². The summed E-state index contributed by atoms with van der Waals surface area (Å²) in [6, 6.07) is 1.78. The Morgan fingerprint density at radius 3 is 1.82 bits per heavy atom. The number of nitrogens with one attached hydrogen (secondary N) is 1. The Balaban J connectivity index is 2.96. The molecule has 0 aliphatic carbocycles. The van der Waals surface area contributed by atoms with Gasteiger partial charge in [0.25, 0.3) is 0 Å². The lowest BCUT2D eigenvalue weighted by Gasteiger charge is -2.09. The lowest BCUT2D eigenvalue weighted by Crippen LogP contribution is -2.10. The predicted octanol–water partition coefficient (Wildman–Crippen LogP) is 3.10. The third kappa shape index (κ3) is 2.64. The lowest BCUT2D eigenvalue weighted by molar-refractivity contribution is 0.381. The van der Waals surface area contributed by atoms with Gasteiger partial charge in [-0.2, -0.15) is 5.26 Å². The van der Waals surface area contributed by atoms with Gasteiger partial charge in [0.2, 0.25) is 5.82 Å². The van der Waals surface area contributed by atoms with Gasteiger partial charge >= 0.3 is 0 Å². The van der Waals surface area contributed by atoms with E-state index in [0.29, 0.717) is 0 Å². The van der Waals surface area contributed by atoms with Crippen molar-refractivity contribution in [1.29, 1.82) is 5.26 Å². The molecule has 0 aromatic heterocycles. The molecule has 1 aromatic rings. The SMILES string of the molecule is N#CCCCNc1c(F)c(F)c(F)c(F)c1F. The number of nitrogens with zero attached hydrogens (tertiary/aromatic N) is 1. The second-order valence-corrected chi connectivity index (χ2v) is 3.13. The van der Waals surface area contributed by atoms with E-state index >= 15 is 0 Å². The van der Waals surface area contributed by atoms with E-state index in [0.717, 1.165) is 0 Å². The zero-order chi connectivity index (χ0) is 13.0. The molecule has 0 atom stereocenters. The maximum atomic E-state index is 13.1. The molecular weight excluding hydrogens is 243 g/mol. The van der Waals surface area contributed by atoms with E-state index in [1.165, 1.54) is 0 Å². The molecule has 2 nitrogen and oxygen atoms in total. The summed E-state index contributed by atoms with van der Waals surface area (Å²) in [6.45, 7) is -0.0636. The highest BCUT2D eigenvalue weighted by Gasteiger charge is 2.25. The first-order chi connectivity index (χ1) is 8.00. The highest BCUT2D eigenvalue weighted by Crippen LogP contribution is 2.26. The molecule has 92 valence electrons. The Hall–Kier alpha value is -1.84. The Kier molecular flexibility index (Phi) is 4.26. The van der Waals surface area contributed by atoms with Crippen LogP contribution in [0.3, 0.4) is 0 Å². The van der Waals surface area contributed by atoms with Gasteiger partial charge in [0.1, 0.15) is 5.69 Å². The fraction of sp³-hybridized carbons (Fsp3) is 0.300. The summed E-state index contributed by atoms with van der Waals surface area (Å²) in [4.78, 5) is 0. The van der Waals surface area contributed by atoms with Crippen LogP contribution in [0.2, 0.25) is 0 Å². The van der Waals surface area contributed by atoms with Crippen molar-refractivity contribution in [2.45, 2.75) is 12.8 Å². The van der Waals surface area contributed by atoms with Gasteiger partial charge in [-0.3, -0.25) is 0 Å². The number of halogens is 5. The van der Waals surface area contributed by atoms with Gasteiger partial charge in [-0.05, 0) is 6.42 Å². The fourth-order valence-electron chi connectivity index (χ4n) is 1.14. The van der Waals surface area contributed by atoms with Crippen LogP contribution in [0.5, 0.6) is 0 Å². The maximum Gasteiger partial charge on any atom is 0.200 e. The second-order valence-electron chi connectivity index (χ2n) is 3.13. The number of rotatable bonds is 4. The standard InChI is InChI=1S/C10H7F5N2/c11-5-6(12)8(14)10(9(15)7(5)13)17-4-2-1-3-16/h17H,1-2,4H2. The minimum Gasteiger partial charge on any atom is -0.380 e. The predicted molar refractivity (Wildman–Crippen MR) is 49.6 cm³/mol. The average Bonchev–Trinajstić information content (AvgIpc) is 2.33. The topological polar surface area (TPSA) is 35.8 Å². The molecule has 0 saturated carbocycles. The van der Waals surface area contributed by atoms with Crippen molar-refractivity contribution >= 4 is 5.69 Å². The van der Waals surface area contributed by atoms with Crippen LogP contribution in [0.15, 0.2) is 0 Å². The van der Waals surface area contributed by atoms with Gasteiger partial charge < -0.3 is 5.32 Å². The Labute approximate surface area is 93.7 Å². The first-order valence-electron chi connectivity index (χ1n) is 4.63. The van der Waals surface area contributed by atoms with Crippen LogP contribution in [0, 0.1) is 40.4 Å². The minimum atomic E-state index is -2.19. The molecule has 1 rings (SSSR count). The normalized spacial score (nSPS) is 10.1. The minimum absolute atomic E-state index is 0.0636. The molecule has 0 saturated heterocycles. The van der Waals surface area contributed by atoms with E-state index in [1.807, 2.05) is 0 Å². The van der Waals surface area contributed by atoms with E-state index in [-0.39, 0.29) is 19.4 Å². The average molecular weight is 250 g/mol.